The molecule has 1 saturated carbocycles. The lowest BCUT2D eigenvalue weighted by molar-refractivity contribution is -0.124. The minimum absolute atomic E-state index is 0.212. The maximum Gasteiger partial charge on any atom is 0.338 e. The fourth-order valence-electron chi connectivity index (χ4n) is 2.61. The highest BCUT2D eigenvalue weighted by Crippen LogP contribution is 2.17. The molecule has 120 valence electrons. The zero-order valence-corrected chi connectivity index (χ0v) is 12.5. The number of rotatable bonds is 5. The Balaban J connectivity index is 1.55. The van der Waals surface area contributed by atoms with Crippen LogP contribution in [0.3, 0.4) is 0 Å². The second kappa shape index (κ2) is 6.99. The normalized spacial score (nSPS) is 14.6. The van der Waals surface area contributed by atoms with Gasteiger partial charge in [-0.2, -0.15) is 0 Å². The van der Waals surface area contributed by atoms with Gasteiger partial charge in [-0.1, -0.05) is 18.9 Å². The van der Waals surface area contributed by atoms with Gasteiger partial charge in [0.25, 0.3) is 5.91 Å². The highest BCUT2D eigenvalue weighted by Gasteiger charge is 2.18. The number of carbonyl (C=O) groups is 2. The Bertz CT molecular complexity index is 680. The summed E-state index contributed by atoms with van der Waals surface area (Å²) in [7, 11) is 0. The van der Waals surface area contributed by atoms with E-state index in [1.807, 2.05) is 0 Å². The Kier molecular flexibility index (Phi) is 4.60. The van der Waals surface area contributed by atoms with E-state index in [-0.39, 0.29) is 18.6 Å². The minimum Gasteiger partial charge on any atom is -0.452 e. The number of hydrogen-bond donors (Lipinski definition) is 1. The molecule has 1 aliphatic carbocycles. The van der Waals surface area contributed by atoms with Gasteiger partial charge in [0.05, 0.1) is 11.3 Å². The van der Waals surface area contributed by atoms with Gasteiger partial charge in [0, 0.05) is 6.04 Å². The Hall–Kier alpha value is -2.77. The van der Waals surface area contributed by atoms with Crippen LogP contribution in [0.1, 0.15) is 36.0 Å². The van der Waals surface area contributed by atoms with Crippen LogP contribution < -0.4 is 5.32 Å². The number of tetrazole rings is 1. The van der Waals surface area contributed by atoms with Crippen molar-refractivity contribution in [1.29, 1.82) is 0 Å². The van der Waals surface area contributed by atoms with Gasteiger partial charge in [-0.25, -0.2) is 9.48 Å². The maximum atomic E-state index is 12.0. The molecule has 1 amide bonds. The van der Waals surface area contributed by atoms with Crippen molar-refractivity contribution in [3.63, 3.8) is 0 Å². The van der Waals surface area contributed by atoms with Crippen LogP contribution in [0.4, 0.5) is 0 Å². The Morgan fingerprint density at radius 3 is 2.87 bits per heavy atom. The lowest BCUT2D eigenvalue weighted by atomic mass is 10.2. The summed E-state index contributed by atoms with van der Waals surface area (Å²) in [6.07, 6.45) is 5.68. The molecule has 1 aromatic carbocycles. The van der Waals surface area contributed by atoms with Crippen molar-refractivity contribution < 1.29 is 14.3 Å². The molecular weight excluding hydrogens is 298 g/mol. The zero-order valence-electron chi connectivity index (χ0n) is 12.5. The summed E-state index contributed by atoms with van der Waals surface area (Å²) in [5, 5.41) is 13.7. The number of hydrogen-bond acceptors (Lipinski definition) is 6. The van der Waals surface area contributed by atoms with Gasteiger partial charge in [0.1, 0.15) is 6.33 Å². The van der Waals surface area contributed by atoms with Gasteiger partial charge in [-0.15, -0.1) is 5.10 Å². The largest absolute Gasteiger partial charge is 0.452 e. The number of benzene rings is 1. The summed E-state index contributed by atoms with van der Waals surface area (Å²) < 4.78 is 6.49. The van der Waals surface area contributed by atoms with E-state index in [9.17, 15) is 9.59 Å². The summed E-state index contributed by atoms with van der Waals surface area (Å²) in [4.78, 5) is 23.8. The second-order valence-corrected chi connectivity index (χ2v) is 5.43. The van der Waals surface area contributed by atoms with Gasteiger partial charge in [-0.3, -0.25) is 4.79 Å². The number of ether oxygens (including phenoxy) is 1. The molecular formula is C15H17N5O3. The van der Waals surface area contributed by atoms with E-state index in [0.29, 0.717) is 11.3 Å². The summed E-state index contributed by atoms with van der Waals surface area (Å²) in [5.74, 6) is -0.816. The van der Waals surface area contributed by atoms with Crippen LogP contribution in [0.2, 0.25) is 0 Å². The standard InChI is InChI=1S/C15H17N5O3/c21-14(17-12-5-1-2-6-12)9-23-15(22)11-4-3-7-13(8-11)20-10-16-18-19-20/h3-4,7-8,10,12H,1-2,5-6,9H2,(H,17,21). The zero-order chi connectivity index (χ0) is 16.1. The fourth-order valence-corrected chi connectivity index (χ4v) is 2.61. The van der Waals surface area contributed by atoms with Gasteiger partial charge in [-0.05, 0) is 41.5 Å². The summed E-state index contributed by atoms with van der Waals surface area (Å²) in [6, 6.07) is 6.90. The van der Waals surface area contributed by atoms with E-state index in [1.54, 1.807) is 24.3 Å². The minimum atomic E-state index is -0.554. The predicted octanol–water partition coefficient (Wildman–Crippen LogP) is 0.878. The van der Waals surface area contributed by atoms with Crippen LogP contribution in [-0.2, 0) is 9.53 Å². The third-order valence-electron chi connectivity index (χ3n) is 3.75. The molecule has 0 saturated heterocycles. The van der Waals surface area contributed by atoms with Crippen molar-refractivity contribution in [2.24, 2.45) is 0 Å². The monoisotopic (exact) mass is 315 g/mol. The number of amides is 1. The quantitative estimate of drug-likeness (QED) is 0.822. The van der Waals surface area contributed by atoms with Crippen molar-refractivity contribution in [3.05, 3.63) is 36.2 Å². The fraction of sp³-hybridized carbons (Fsp3) is 0.400. The van der Waals surface area contributed by atoms with Crippen molar-refractivity contribution in [3.8, 4) is 5.69 Å². The van der Waals surface area contributed by atoms with E-state index in [1.165, 1.54) is 11.0 Å². The molecule has 0 atom stereocenters. The number of nitrogens with zero attached hydrogens (tertiary/aromatic N) is 4. The molecule has 8 heteroatoms. The molecule has 0 bridgehead atoms. The molecule has 0 radical (unpaired) electrons. The third-order valence-corrected chi connectivity index (χ3v) is 3.75. The predicted molar refractivity (Wildman–Crippen MR) is 79.8 cm³/mol. The van der Waals surface area contributed by atoms with E-state index in [2.05, 4.69) is 20.8 Å². The Morgan fingerprint density at radius 1 is 1.30 bits per heavy atom. The molecule has 0 unspecified atom stereocenters. The second-order valence-electron chi connectivity index (χ2n) is 5.43. The molecule has 1 aliphatic rings. The molecule has 1 fully saturated rings. The summed E-state index contributed by atoms with van der Waals surface area (Å²) in [6.45, 7) is -0.273. The molecule has 1 N–H and O–H groups in total. The number of nitrogens with one attached hydrogen (secondary N) is 1. The highest BCUT2D eigenvalue weighted by atomic mass is 16.5. The van der Waals surface area contributed by atoms with Crippen LogP contribution >= 0.6 is 0 Å². The molecule has 2 aromatic rings. The van der Waals surface area contributed by atoms with E-state index in [4.69, 9.17) is 4.74 Å². The third kappa shape index (κ3) is 3.91. The maximum absolute atomic E-state index is 12.0. The van der Waals surface area contributed by atoms with E-state index in [0.717, 1.165) is 25.7 Å². The van der Waals surface area contributed by atoms with Crippen molar-refractivity contribution in [1.82, 2.24) is 25.5 Å². The molecule has 3 rings (SSSR count). The van der Waals surface area contributed by atoms with Gasteiger partial charge in [0.15, 0.2) is 6.61 Å². The SMILES string of the molecule is O=C(COC(=O)c1cccc(-n2cnnn2)c1)NC1CCCC1. The van der Waals surface area contributed by atoms with E-state index < -0.39 is 5.97 Å². The average molecular weight is 315 g/mol. The van der Waals surface area contributed by atoms with Crippen molar-refractivity contribution >= 4 is 11.9 Å². The molecule has 1 heterocycles. The van der Waals surface area contributed by atoms with Crippen LogP contribution in [0.5, 0.6) is 0 Å². The Labute approximate surface area is 132 Å². The summed E-state index contributed by atoms with van der Waals surface area (Å²) >= 11 is 0. The number of aromatic nitrogens is 4. The summed E-state index contributed by atoms with van der Waals surface area (Å²) in [5.41, 5.74) is 0.978. The van der Waals surface area contributed by atoms with Crippen molar-refractivity contribution in [2.75, 3.05) is 6.61 Å². The molecule has 8 nitrogen and oxygen atoms in total. The van der Waals surface area contributed by atoms with Crippen molar-refractivity contribution in [2.45, 2.75) is 31.7 Å². The molecule has 0 spiro atoms. The van der Waals surface area contributed by atoms with Crippen LogP contribution in [0.15, 0.2) is 30.6 Å². The number of esters is 1. The van der Waals surface area contributed by atoms with Gasteiger partial charge in [0.2, 0.25) is 0 Å². The molecule has 0 aliphatic heterocycles. The molecule has 23 heavy (non-hydrogen) atoms. The highest BCUT2D eigenvalue weighted by molar-refractivity contribution is 5.91. The van der Waals surface area contributed by atoms with Gasteiger partial charge < -0.3 is 10.1 Å². The van der Waals surface area contributed by atoms with Crippen LogP contribution in [0.25, 0.3) is 5.69 Å². The first-order valence-corrected chi connectivity index (χ1v) is 7.52. The lowest BCUT2D eigenvalue weighted by Gasteiger charge is -2.12. The smallest absolute Gasteiger partial charge is 0.338 e. The number of carbonyl (C=O) groups excluding carboxylic acids is 2. The van der Waals surface area contributed by atoms with Gasteiger partial charge >= 0.3 is 5.97 Å². The first-order chi connectivity index (χ1) is 11.2. The van der Waals surface area contributed by atoms with Crippen LogP contribution in [0, 0.1) is 0 Å². The van der Waals surface area contributed by atoms with Crippen LogP contribution in [-0.4, -0.2) is 44.7 Å². The first kappa shape index (κ1) is 15.1. The molecule has 1 aromatic heterocycles. The first-order valence-electron chi connectivity index (χ1n) is 7.52. The van der Waals surface area contributed by atoms with E-state index >= 15 is 0 Å². The topological polar surface area (TPSA) is 99.0 Å². The average Bonchev–Trinajstić information content (AvgIpc) is 3.26. The Morgan fingerprint density at radius 2 is 2.13 bits per heavy atom. The lowest BCUT2D eigenvalue weighted by Crippen LogP contribution is -2.35.